The first-order valence-corrected chi connectivity index (χ1v) is 6.36. The number of nitrogens with zero attached hydrogens (tertiary/aromatic N) is 1. The molecule has 0 aliphatic rings. The Morgan fingerprint density at radius 2 is 1.84 bits per heavy atom. The molecule has 4 N–H and O–H groups in total. The molecule has 1 aromatic carbocycles. The van der Waals surface area contributed by atoms with Crippen LogP contribution < -0.4 is 11.1 Å². The van der Waals surface area contributed by atoms with E-state index in [9.17, 15) is 4.79 Å². The number of oxime groups is 1. The summed E-state index contributed by atoms with van der Waals surface area (Å²) in [6.07, 6.45) is 1.11. The molecule has 1 aromatic rings. The van der Waals surface area contributed by atoms with Gasteiger partial charge in [-0.3, -0.25) is 4.79 Å². The maximum atomic E-state index is 12.2. The Balaban J connectivity index is 2.97. The van der Waals surface area contributed by atoms with Crippen molar-refractivity contribution in [3.63, 3.8) is 0 Å². The van der Waals surface area contributed by atoms with Gasteiger partial charge >= 0.3 is 0 Å². The summed E-state index contributed by atoms with van der Waals surface area (Å²) in [4.78, 5) is 12.2. The molecule has 0 aliphatic heterocycles. The molecule has 1 amide bonds. The monoisotopic (exact) mass is 263 g/mol. The topological polar surface area (TPSA) is 87.7 Å². The van der Waals surface area contributed by atoms with E-state index in [0.29, 0.717) is 18.4 Å². The summed E-state index contributed by atoms with van der Waals surface area (Å²) in [6.45, 7) is 5.73. The van der Waals surface area contributed by atoms with Gasteiger partial charge in [0.25, 0.3) is 5.91 Å². The molecule has 0 spiro atoms. The molecule has 0 saturated heterocycles. The molecule has 5 heteroatoms. The maximum absolute atomic E-state index is 12.2. The zero-order valence-electron chi connectivity index (χ0n) is 11.6. The summed E-state index contributed by atoms with van der Waals surface area (Å²) < 4.78 is 0. The van der Waals surface area contributed by atoms with Gasteiger partial charge in [0.15, 0.2) is 5.84 Å². The van der Waals surface area contributed by atoms with Gasteiger partial charge in [0, 0.05) is 5.56 Å². The van der Waals surface area contributed by atoms with Gasteiger partial charge in [-0.15, -0.1) is 0 Å². The number of carbonyl (C=O) groups is 1. The van der Waals surface area contributed by atoms with Crippen molar-refractivity contribution < 1.29 is 10.0 Å². The van der Waals surface area contributed by atoms with Gasteiger partial charge in [-0.05, 0) is 31.9 Å². The lowest BCUT2D eigenvalue weighted by atomic mass is 9.91. The van der Waals surface area contributed by atoms with Crippen molar-refractivity contribution in [3.05, 3.63) is 35.4 Å². The number of rotatable bonds is 5. The molecule has 0 radical (unpaired) electrons. The highest BCUT2D eigenvalue weighted by Crippen LogP contribution is 2.16. The average Bonchev–Trinajstić information content (AvgIpc) is 2.44. The van der Waals surface area contributed by atoms with Crippen LogP contribution in [0, 0.1) is 6.92 Å². The number of hydrogen-bond acceptors (Lipinski definition) is 3. The second-order valence-corrected chi connectivity index (χ2v) is 4.59. The fourth-order valence-corrected chi connectivity index (χ4v) is 1.94. The number of carbonyl (C=O) groups excluding carboxylic acids is 1. The van der Waals surface area contributed by atoms with Crippen LogP contribution in [-0.2, 0) is 0 Å². The van der Waals surface area contributed by atoms with E-state index in [2.05, 4.69) is 10.5 Å². The van der Waals surface area contributed by atoms with Crippen molar-refractivity contribution >= 4 is 11.7 Å². The highest BCUT2D eigenvalue weighted by molar-refractivity contribution is 6.00. The molecule has 1 rings (SSSR count). The molecule has 0 aromatic heterocycles. The number of nitrogens with two attached hydrogens (primary N) is 1. The summed E-state index contributed by atoms with van der Waals surface area (Å²) in [5.41, 5.74) is 6.55. The number of nitrogens with one attached hydrogen (secondary N) is 1. The fraction of sp³-hybridized carbons (Fsp3) is 0.429. The summed E-state index contributed by atoms with van der Waals surface area (Å²) >= 11 is 0. The summed E-state index contributed by atoms with van der Waals surface area (Å²) in [6, 6.07) is 7.26. The molecule has 19 heavy (non-hydrogen) atoms. The van der Waals surface area contributed by atoms with E-state index in [4.69, 9.17) is 10.9 Å². The Hall–Kier alpha value is -2.04. The van der Waals surface area contributed by atoms with E-state index in [-0.39, 0.29) is 11.7 Å². The van der Waals surface area contributed by atoms with E-state index in [0.717, 1.165) is 5.56 Å². The van der Waals surface area contributed by atoms with Crippen LogP contribution in [0.3, 0.4) is 0 Å². The van der Waals surface area contributed by atoms with Crippen molar-refractivity contribution in [2.45, 2.75) is 39.2 Å². The number of aryl methyl sites for hydroxylation is 1. The highest BCUT2D eigenvalue weighted by Gasteiger charge is 2.33. The van der Waals surface area contributed by atoms with Gasteiger partial charge in [0.2, 0.25) is 0 Å². The fourth-order valence-electron chi connectivity index (χ4n) is 1.94. The minimum absolute atomic E-state index is 0.0259. The van der Waals surface area contributed by atoms with E-state index in [1.807, 2.05) is 32.9 Å². The first kappa shape index (κ1) is 15.0. The molecule has 0 saturated carbocycles. The van der Waals surface area contributed by atoms with Gasteiger partial charge in [-0.25, -0.2) is 0 Å². The maximum Gasteiger partial charge on any atom is 0.252 e. The molecular formula is C14H21N3O2. The lowest BCUT2D eigenvalue weighted by Crippen LogP contribution is -2.56. The smallest absolute Gasteiger partial charge is 0.252 e. The van der Waals surface area contributed by atoms with Crippen LogP contribution in [0.25, 0.3) is 0 Å². The van der Waals surface area contributed by atoms with Gasteiger partial charge in [0.1, 0.15) is 5.54 Å². The third-order valence-electron chi connectivity index (χ3n) is 3.47. The Labute approximate surface area is 113 Å². The molecule has 0 fully saturated rings. The molecule has 0 aliphatic carbocycles. The van der Waals surface area contributed by atoms with E-state index in [1.165, 1.54) is 0 Å². The van der Waals surface area contributed by atoms with Crippen LogP contribution in [0.5, 0.6) is 0 Å². The van der Waals surface area contributed by atoms with E-state index < -0.39 is 5.54 Å². The van der Waals surface area contributed by atoms with Crippen LogP contribution in [0.15, 0.2) is 29.4 Å². The van der Waals surface area contributed by atoms with Crippen LogP contribution in [0.2, 0.25) is 0 Å². The van der Waals surface area contributed by atoms with Crippen molar-refractivity contribution in [2.24, 2.45) is 10.9 Å². The van der Waals surface area contributed by atoms with Crippen molar-refractivity contribution in [2.75, 3.05) is 0 Å². The van der Waals surface area contributed by atoms with Gasteiger partial charge in [-0.2, -0.15) is 0 Å². The molecule has 104 valence electrons. The second-order valence-electron chi connectivity index (χ2n) is 4.59. The third-order valence-corrected chi connectivity index (χ3v) is 3.47. The Morgan fingerprint density at radius 1 is 1.32 bits per heavy atom. The second kappa shape index (κ2) is 6.22. The first-order chi connectivity index (χ1) is 8.99. The lowest BCUT2D eigenvalue weighted by Gasteiger charge is -2.31. The normalized spacial score (nSPS) is 12.3. The van der Waals surface area contributed by atoms with Crippen LogP contribution >= 0.6 is 0 Å². The molecule has 5 nitrogen and oxygen atoms in total. The van der Waals surface area contributed by atoms with Crippen LogP contribution in [0.4, 0.5) is 0 Å². The van der Waals surface area contributed by atoms with Crippen molar-refractivity contribution in [1.29, 1.82) is 0 Å². The predicted octanol–water partition coefficient (Wildman–Crippen LogP) is 2.03. The largest absolute Gasteiger partial charge is 0.409 e. The van der Waals surface area contributed by atoms with E-state index in [1.54, 1.807) is 12.1 Å². The number of amidine groups is 1. The molecule has 0 heterocycles. The number of hydrogen-bond donors (Lipinski definition) is 3. The quantitative estimate of drug-likeness (QED) is 0.329. The third kappa shape index (κ3) is 3.24. The van der Waals surface area contributed by atoms with Crippen LogP contribution in [-0.4, -0.2) is 22.5 Å². The van der Waals surface area contributed by atoms with Crippen molar-refractivity contribution in [1.82, 2.24) is 5.32 Å². The van der Waals surface area contributed by atoms with Crippen LogP contribution in [0.1, 0.15) is 42.6 Å². The van der Waals surface area contributed by atoms with Gasteiger partial charge in [0.05, 0.1) is 0 Å². The SMILES string of the molecule is CCC(CC)(NC(=O)c1ccc(C)cc1)/C(N)=N/O. The molecular weight excluding hydrogens is 242 g/mol. The Bertz CT molecular complexity index is 462. The standard InChI is InChI=1S/C14H21N3O2/c1-4-14(5-2,13(15)17-19)16-12(18)11-8-6-10(3)7-9-11/h6-9,19H,4-5H2,1-3H3,(H2,15,17)(H,16,18). The minimum Gasteiger partial charge on any atom is -0.409 e. The number of amides is 1. The number of benzene rings is 1. The van der Waals surface area contributed by atoms with Crippen molar-refractivity contribution in [3.8, 4) is 0 Å². The zero-order chi connectivity index (χ0) is 14.5. The Kier molecular flexibility index (Phi) is 4.92. The summed E-state index contributed by atoms with van der Waals surface area (Å²) in [5.74, 6) is -0.201. The lowest BCUT2D eigenvalue weighted by molar-refractivity contribution is 0.0918. The first-order valence-electron chi connectivity index (χ1n) is 6.36. The zero-order valence-corrected chi connectivity index (χ0v) is 11.6. The molecule has 0 unspecified atom stereocenters. The summed E-state index contributed by atoms with van der Waals surface area (Å²) in [7, 11) is 0. The average molecular weight is 263 g/mol. The van der Waals surface area contributed by atoms with Gasteiger partial charge < -0.3 is 16.3 Å². The summed E-state index contributed by atoms with van der Waals surface area (Å²) in [5, 5.41) is 14.8. The predicted molar refractivity (Wildman–Crippen MR) is 75.4 cm³/mol. The molecule has 0 atom stereocenters. The molecule has 0 bridgehead atoms. The Morgan fingerprint density at radius 3 is 2.26 bits per heavy atom. The minimum atomic E-state index is -0.809. The van der Waals surface area contributed by atoms with Gasteiger partial charge in [-0.1, -0.05) is 36.7 Å². The highest BCUT2D eigenvalue weighted by atomic mass is 16.4. The van der Waals surface area contributed by atoms with E-state index >= 15 is 0 Å².